The van der Waals surface area contributed by atoms with Crippen molar-refractivity contribution in [1.82, 2.24) is 29.3 Å². The molecule has 250 valence electrons. The predicted octanol–water partition coefficient (Wildman–Crippen LogP) is 7.40. The number of likely N-dealkylation sites (N-methyl/N-ethyl adjacent to an activating group) is 1. The fourth-order valence-corrected chi connectivity index (χ4v) is 7.56. The molecule has 3 atom stereocenters. The second-order valence-corrected chi connectivity index (χ2v) is 12.9. The number of fused-ring (bicyclic) bond motifs is 1. The lowest BCUT2D eigenvalue weighted by atomic mass is 9.91. The molecule has 4 aromatic carbocycles. The van der Waals surface area contributed by atoms with Crippen LogP contribution in [-0.2, 0) is 6.42 Å². The number of hydrogen-bond donors (Lipinski definition) is 1. The first-order chi connectivity index (χ1) is 24.1. The number of hydrogen-bond acceptors (Lipinski definition) is 5. The summed E-state index contributed by atoms with van der Waals surface area (Å²) in [6.07, 6.45) is 6.28. The number of benzene rings is 4. The smallest absolute Gasteiger partial charge is 0.254 e. The fraction of sp³-hybridized carbons (Fsp3) is 0.293. The maximum atomic E-state index is 14.0. The second-order valence-electron chi connectivity index (χ2n) is 12.9. The van der Waals surface area contributed by atoms with Gasteiger partial charge in [-0.15, -0.1) is 0 Å². The van der Waals surface area contributed by atoms with Crippen molar-refractivity contribution in [2.45, 2.75) is 44.3 Å². The molecule has 1 N–H and O–H groups in total. The van der Waals surface area contributed by atoms with Crippen LogP contribution in [0.15, 0.2) is 128 Å². The fourth-order valence-electron chi connectivity index (χ4n) is 7.56. The zero-order chi connectivity index (χ0) is 33.6. The number of nitrogens with zero attached hydrogens (tertiary/aromatic N) is 6. The van der Waals surface area contributed by atoms with Gasteiger partial charge in [0.2, 0.25) is 5.95 Å². The molecule has 7 rings (SSSR count). The van der Waals surface area contributed by atoms with Gasteiger partial charge >= 0.3 is 0 Å². The minimum absolute atomic E-state index is 0.0464. The molecule has 2 aromatic heterocycles. The number of imidazole rings is 2. The lowest BCUT2D eigenvalue weighted by Crippen LogP contribution is -2.53. The first-order valence-electron chi connectivity index (χ1n) is 17.5. The van der Waals surface area contributed by atoms with Crippen molar-refractivity contribution in [3.05, 3.63) is 150 Å². The number of anilines is 1. The molecule has 6 aromatic rings. The summed E-state index contributed by atoms with van der Waals surface area (Å²) < 4.78 is 2.39. The number of para-hydroxylation sites is 2. The molecule has 1 aliphatic rings. The summed E-state index contributed by atoms with van der Waals surface area (Å²) in [7, 11) is 1.98. The van der Waals surface area contributed by atoms with Gasteiger partial charge < -0.3 is 14.8 Å². The van der Waals surface area contributed by atoms with Crippen LogP contribution in [-0.4, -0.2) is 74.6 Å². The minimum Gasteiger partial charge on any atom is -0.347 e. The molecule has 1 aliphatic heterocycles. The largest absolute Gasteiger partial charge is 0.347 e. The highest BCUT2D eigenvalue weighted by Crippen LogP contribution is 2.34. The van der Waals surface area contributed by atoms with E-state index in [0.29, 0.717) is 5.56 Å². The normalized spacial score (nSPS) is 15.8. The van der Waals surface area contributed by atoms with Gasteiger partial charge in [-0.2, -0.15) is 0 Å². The van der Waals surface area contributed by atoms with E-state index in [9.17, 15) is 4.79 Å². The van der Waals surface area contributed by atoms with Crippen LogP contribution >= 0.6 is 0 Å². The Hall–Kier alpha value is -5.21. The second kappa shape index (κ2) is 14.9. The Morgan fingerprint density at radius 1 is 0.837 bits per heavy atom. The third kappa shape index (κ3) is 6.87. The van der Waals surface area contributed by atoms with Crippen LogP contribution in [0.3, 0.4) is 0 Å². The zero-order valence-electron chi connectivity index (χ0n) is 28.4. The van der Waals surface area contributed by atoms with Crippen LogP contribution < -0.4 is 4.90 Å². The van der Waals surface area contributed by atoms with Crippen LogP contribution in [0.2, 0.25) is 0 Å². The first-order valence-corrected chi connectivity index (χ1v) is 17.5. The van der Waals surface area contributed by atoms with Crippen LogP contribution in [0.1, 0.15) is 59.0 Å². The van der Waals surface area contributed by atoms with Crippen LogP contribution in [0, 0.1) is 0 Å². The maximum absolute atomic E-state index is 14.0. The number of rotatable bonds is 11. The van der Waals surface area contributed by atoms with Gasteiger partial charge in [0.25, 0.3) is 5.91 Å². The summed E-state index contributed by atoms with van der Waals surface area (Å²) >= 11 is 0. The van der Waals surface area contributed by atoms with Crippen molar-refractivity contribution < 1.29 is 4.79 Å². The highest BCUT2D eigenvalue weighted by molar-refractivity contribution is 5.94. The van der Waals surface area contributed by atoms with E-state index in [-0.39, 0.29) is 24.0 Å². The van der Waals surface area contributed by atoms with E-state index in [1.165, 1.54) is 11.1 Å². The van der Waals surface area contributed by atoms with E-state index in [1.54, 1.807) is 0 Å². The zero-order valence-corrected chi connectivity index (χ0v) is 28.4. The van der Waals surface area contributed by atoms with Crippen molar-refractivity contribution in [2.75, 3.05) is 38.1 Å². The van der Waals surface area contributed by atoms with Gasteiger partial charge in [0.05, 0.1) is 23.2 Å². The van der Waals surface area contributed by atoms with Gasteiger partial charge in [0.1, 0.15) is 5.82 Å². The van der Waals surface area contributed by atoms with E-state index in [1.807, 2.05) is 54.7 Å². The van der Waals surface area contributed by atoms with Crippen molar-refractivity contribution in [3.8, 4) is 0 Å². The van der Waals surface area contributed by atoms with E-state index in [0.717, 1.165) is 68.2 Å². The van der Waals surface area contributed by atoms with E-state index >= 15 is 0 Å². The van der Waals surface area contributed by atoms with Gasteiger partial charge in [0.15, 0.2) is 0 Å². The molecule has 1 fully saturated rings. The predicted molar refractivity (Wildman–Crippen MR) is 197 cm³/mol. The van der Waals surface area contributed by atoms with Gasteiger partial charge in [0, 0.05) is 63.5 Å². The Labute approximate surface area is 289 Å². The average molecular weight is 652 g/mol. The Morgan fingerprint density at radius 3 is 2.24 bits per heavy atom. The summed E-state index contributed by atoms with van der Waals surface area (Å²) in [6.45, 7) is 5.56. The number of H-pyrrole nitrogens is 1. The Bertz CT molecular complexity index is 1920. The number of aromatic amines is 1. The SMILES string of the molecule is CCC(c1ccccc1)C(N1CCCN(c2nc3ccccc3n2C(Cc2ccccc2)c2ncc[nH]2)CC1)N(C)C(=O)c1ccccc1. The minimum atomic E-state index is -0.104. The third-order valence-electron chi connectivity index (χ3n) is 9.95. The monoisotopic (exact) mass is 651 g/mol. The number of carbonyl (C=O) groups excluding carboxylic acids is 1. The Balaban J connectivity index is 1.23. The molecule has 1 saturated heterocycles. The Morgan fingerprint density at radius 2 is 1.53 bits per heavy atom. The number of amides is 1. The van der Waals surface area contributed by atoms with Crippen molar-refractivity contribution >= 4 is 22.9 Å². The quantitative estimate of drug-likeness (QED) is 0.158. The van der Waals surface area contributed by atoms with Gasteiger partial charge in [-0.3, -0.25) is 14.3 Å². The molecule has 0 radical (unpaired) electrons. The number of aromatic nitrogens is 4. The van der Waals surface area contributed by atoms with Gasteiger partial charge in [-0.1, -0.05) is 97.9 Å². The van der Waals surface area contributed by atoms with E-state index in [4.69, 9.17) is 9.97 Å². The van der Waals surface area contributed by atoms with Crippen molar-refractivity contribution in [3.63, 3.8) is 0 Å². The highest BCUT2D eigenvalue weighted by Gasteiger charge is 2.36. The van der Waals surface area contributed by atoms with E-state index < -0.39 is 0 Å². The molecular formula is C41H45N7O. The molecule has 0 spiro atoms. The summed E-state index contributed by atoms with van der Waals surface area (Å²) in [5.74, 6) is 2.08. The lowest BCUT2D eigenvalue weighted by Gasteiger charge is -2.42. The molecule has 3 heterocycles. The maximum Gasteiger partial charge on any atom is 0.254 e. The molecule has 1 amide bonds. The van der Waals surface area contributed by atoms with Crippen LogP contribution in [0.25, 0.3) is 11.0 Å². The number of nitrogens with one attached hydrogen (secondary N) is 1. The summed E-state index contributed by atoms with van der Waals surface area (Å²) in [6, 6.07) is 39.3. The third-order valence-corrected chi connectivity index (χ3v) is 9.95. The summed E-state index contributed by atoms with van der Waals surface area (Å²) in [4.78, 5) is 34.4. The summed E-state index contributed by atoms with van der Waals surface area (Å²) in [5, 5.41) is 0. The van der Waals surface area contributed by atoms with Crippen LogP contribution in [0.4, 0.5) is 5.95 Å². The highest BCUT2D eigenvalue weighted by atomic mass is 16.2. The van der Waals surface area contributed by atoms with Gasteiger partial charge in [-0.05, 0) is 48.2 Å². The average Bonchev–Trinajstić information content (AvgIpc) is 3.76. The van der Waals surface area contributed by atoms with Crippen molar-refractivity contribution in [2.24, 2.45) is 0 Å². The standard InChI is InChI=1S/C41H45N7O/c1-3-34(32-18-9-5-10-19-32)39(45(2)40(49)33-20-11-6-12-21-33)46-26-15-27-47(29-28-46)41-44-35-22-13-14-23-36(35)48(41)37(38-42-24-25-43-38)30-31-16-7-4-8-17-31/h4-14,16-25,34,37,39H,3,15,26-30H2,1-2H3,(H,42,43). The number of carbonyl (C=O) groups is 1. The molecular weight excluding hydrogens is 606 g/mol. The molecule has 0 bridgehead atoms. The van der Waals surface area contributed by atoms with Crippen molar-refractivity contribution in [1.29, 1.82) is 0 Å². The summed E-state index contributed by atoms with van der Waals surface area (Å²) in [5.41, 5.74) is 5.29. The molecule has 0 saturated carbocycles. The Kier molecular flexibility index (Phi) is 9.84. The van der Waals surface area contributed by atoms with E-state index in [2.05, 4.69) is 111 Å². The lowest BCUT2D eigenvalue weighted by molar-refractivity contribution is 0.0317. The van der Waals surface area contributed by atoms with Crippen LogP contribution in [0.5, 0.6) is 0 Å². The molecule has 8 nitrogen and oxygen atoms in total. The first kappa shape index (κ1) is 32.3. The molecule has 0 aliphatic carbocycles. The topological polar surface area (TPSA) is 73.3 Å². The molecule has 49 heavy (non-hydrogen) atoms. The van der Waals surface area contributed by atoms with Gasteiger partial charge in [-0.25, -0.2) is 9.97 Å². The molecule has 8 heteroatoms. The molecule has 3 unspecified atom stereocenters.